The van der Waals surface area contributed by atoms with Crippen LogP contribution in [0.5, 0.6) is 5.75 Å². The van der Waals surface area contributed by atoms with Gasteiger partial charge >= 0.3 is 5.97 Å². The second kappa shape index (κ2) is 16.9. The molecule has 0 radical (unpaired) electrons. The van der Waals surface area contributed by atoms with Gasteiger partial charge in [0.25, 0.3) is 0 Å². The van der Waals surface area contributed by atoms with Crippen molar-refractivity contribution in [3.8, 4) is 5.75 Å². The van der Waals surface area contributed by atoms with Gasteiger partial charge in [0.15, 0.2) is 8.32 Å². The predicted molar refractivity (Wildman–Crippen MR) is 189 cm³/mol. The molecule has 1 aliphatic heterocycles. The quantitative estimate of drug-likeness (QED) is 0.111. The molecule has 1 N–H and O–H groups in total. The van der Waals surface area contributed by atoms with E-state index in [0.717, 1.165) is 16.9 Å². The summed E-state index contributed by atoms with van der Waals surface area (Å²) in [4.78, 5) is 12.5. The van der Waals surface area contributed by atoms with E-state index in [4.69, 9.17) is 32.8 Å². The molecule has 1 aliphatic rings. The highest BCUT2D eigenvalue weighted by Crippen LogP contribution is 2.48. The first-order valence-corrected chi connectivity index (χ1v) is 19.6. The molecule has 3 rings (SSSR count). The van der Waals surface area contributed by atoms with E-state index in [9.17, 15) is 9.90 Å². The average Bonchev–Trinajstić information content (AvgIpc) is 3.06. The van der Waals surface area contributed by atoms with E-state index in [2.05, 4.69) is 33.9 Å². The van der Waals surface area contributed by atoms with Gasteiger partial charge in [0.05, 0.1) is 45.7 Å². The Balaban J connectivity index is 1.94. The van der Waals surface area contributed by atoms with Gasteiger partial charge in [0.1, 0.15) is 11.9 Å². The van der Waals surface area contributed by atoms with Crippen molar-refractivity contribution in [3.63, 3.8) is 0 Å². The molecule has 1 saturated heterocycles. The highest BCUT2D eigenvalue weighted by molar-refractivity contribution is 6.74. The molecule has 5 atom stereocenters. The van der Waals surface area contributed by atoms with Crippen molar-refractivity contribution in [2.24, 2.45) is 5.41 Å². The Labute approximate surface area is 289 Å². The summed E-state index contributed by atoms with van der Waals surface area (Å²) in [5.41, 5.74) is 1.67. The number of ether oxygens (including phenoxy) is 6. The summed E-state index contributed by atoms with van der Waals surface area (Å²) < 4.78 is 42.9. The van der Waals surface area contributed by atoms with Crippen LogP contribution in [0.15, 0.2) is 66.2 Å². The fourth-order valence-electron chi connectivity index (χ4n) is 5.58. The molecule has 0 amide bonds. The molecule has 0 aromatic heterocycles. The molecule has 0 bridgehead atoms. The smallest absolute Gasteiger partial charge is 0.330 e. The summed E-state index contributed by atoms with van der Waals surface area (Å²) in [5.74, 6) is -1.32. The fraction of sp³-hybridized carbons (Fsp3) is 0.605. The molecule has 0 spiro atoms. The second-order valence-corrected chi connectivity index (χ2v) is 19.6. The molecule has 2 aromatic carbocycles. The number of benzene rings is 2. The number of carbonyl (C=O) groups excluding carboxylic acids is 1. The van der Waals surface area contributed by atoms with Crippen LogP contribution < -0.4 is 4.74 Å². The van der Waals surface area contributed by atoms with E-state index in [-0.39, 0.29) is 24.2 Å². The summed E-state index contributed by atoms with van der Waals surface area (Å²) in [6.07, 6.45) is -0.450. The van der Waals surface area contributed by atoms with E-state index < -0.39 is 43.8 Å². The van der Waals surface area contributed by atoms with Crippen LogP contribution in [0.25, 0.3) is 0 Å². The Bertz CT molecular complexity index is 1320. The third kappa shape index (κ3) is 10.00. The van der Waals surface area contributed by atoms with Crippen LogP contribution in [0.3, 0.4) is 0 Å². The van der Waals surface area contributed by atoms with Gasteiger partial charge in [-0.1, -0.05) is 77.1 Å². The Morgan fingerprint density at radius 3 is 2.15 bits per heavy atom. The van der Waals surface area contributed by atoms with Gasteiger partial charge in [-0.2, -0.15) is 0 Å². The molecule has 9 nitrogen and oxygen atoms in total. The monoisotopic (exact) mass is 686 g/mol. The standard InChI is InChI=1S/C38H58O9Si/c1-27(44-24-28-15-13-12-14-16-28)33(45-25-29-17-19-31(41-7)20-18-29)23-32-21-30(22-34(39)42-8)35(40)38(43-9,47-32)37(5,6)26-46-48(10,11)36(2,3)4/h12-20,22,27,32-33,35,40H,21,23-26H2,1-11H3/b30-22+/t27-,32-,33+,35?,38+/m0/s1. The SMILES string of the molecule is COC(=O)/C=C1\C[C@@H](C[C@@H](OCc2ccc(OC)cc2)[C@H](C)OCc2ccccc2)O[C@@](OC)(C(C)(C)CO[Si](C)(C)C(C)(C)C)C1O. The lowest BCUT2D eigenvalue weighted by atomic mass is 9.75. The third-order valence-corrected chi connectivity index (χ3v) is 14.3. The van der Waals surface area contributed by atoms with Gasteiger partial charge in [-0.25, -0.2) is 4.79 Å². The van der Waals surface area contributed by atoms with Crippen LogP contribution in [0, 0.1) is 5.41 Å². The Kier molecular flexibility index (Phi) is 14.0. The number of rotatable bonds is 16. The molecular weight excluding hydrogens is 628 g/mol. The van der Waals surface area contributed by atoms with Crippen LogP contribution >= 0.6 is 0 Å². The lowest BCUT2D eigenvalue weighted by Gasteiger charge is -2.54. The van der Waals surface area contributed by atoms with E-state index in [0.29, 0.717) is 25.2 Å². The number of aliphatic hydroxyl groups excluding tert-OH is 1. The Morgan fingerprint density at radius 1 is 0.979 bits per heavy atom. The zero-order chi connectivity index (χ0) is 35.8. The predicted octanol–water partition coefficient (Wildman–Crippen LogP) is 7.22. The summed E-state index contributed by atoms with van der Waals surface area (Å²) in [6.45, 7) is 17.9. The highest BCUT2D eigenvalue weighted by Gasteiger charge is 2.58. The van der Waals surface area contributed by atoms with Gasteiger partial charge in [-0.15, -0.1) is 0 Å². The molecule has 1 heterocycles. The zero-order valence-electron chi connectivity index (χ0n) is 30.8. The topological polar surface area (TPSA) is 102 Å². The number of hydrogen-bond donors (Lipinski definition) is 1. The minimum absolute atomic E-state index is 0.0157. The Hall–Kier alpha value is -2.57. The second-order valence-electron chi connectivity index (χ2n) is 14.8. The molecule has 0 saturated carbocycles. The van der Waals surface area contributed by atoms with Crippen LogP contribution in [-0.4, -0.2) is 77.5 Å². The minimum Gasteiger partial charge on any atom is -0.497 e. The molecular formula is C38H58O9Si. The van der Waals surface area contributed by atoms with E-state index in [1.54, 1.807) is 7.11 Å². The van der Waals surface area contributed by atoms with Gasteiger partial charge < -0.3 is 38.0 Å². The van der Waals surface area contributed by atoms with Crippen LogP contribution in [-0.2, 0) is 46.1 Å². The van der Waals surface area contributed by atoms with E-state index in [1.165, 1.54) is 20.3 Å². The molecule has 0 aliphatic carbocycles. The summed E-state index contributed by atoms with van der Waals surface area (Å²) in [6, 6.07) is 17.7. The van der Waals surface area contributed by atoms with E-state index >= 15 is 0 Å². The third-order valence-electron chi connectivity index (χ3n) is 9.86. The van der Waals surface area contributed by atoms with Gasteiger partial charge in [-0.05, 0) is 60.3 Å². The van der Waals surface area contributed by atoms with Crippen molar-refractivity contribution in [1.29, 1.82) is 0 Å². The van der Waals surface area contributed by atoms with Crippen molar-refractivity contribution in [3.05, 3.63) is 77.4 Å². The van der Waals surface area contributed by atoms with Crippen molar-refractivity contribution in [2.45, 2.75) is 116 Å². The maximum atomic E-state index is 12.5. The number of aliphatic hydroxyl groups is 1. The molecule has 10 heteroatoms. The summed E-state index contributed by atoms with van der Waals surface area (Å²) >= 11 is 0. The molecule has 268 valence electrons. The minimum atomic E-state index is -2.17. The highest BCUT2D eigenvalue weighted by atomic mass is 28.4. The van der Waals surface area contributed by atoms with Crippen LogP contribution in [0.4, 0.5) is 0 Å². The van der Waals surface area contributed by atoms with Crippen molar-refractivity contribution < 1.29 is 42.7 Å². The molecule has 1 fully saturated rings. The van der Waals surface area contributed by atoms with Gasteiger partial charge in [0, 0.05) is 31.6 Å². The van der Waals surface area contributed by atoms with Gasteiger partial charge in [0.2, 0.25) is 5.79 Å². The number of hydrogen-bond acceptors (Lipinski definition) is 9. The maximum Gasteiger partial charge on any atom is 0.330 e. The first kappa shape index (κ1) is 39.9. The lowest BCUT2D eigenvalue weighted by molar-refractivity contribution is -0.350. The van der Waals surface area contributed by atoms with Gasteiger partial charge in [-0.3, -0.25) is 0 Å². The summed E-state index contributed by atoms with van der Waals surface area (Å²) in [5, 5.41) is 11.9. The lowest BCUT2D eigenvalue weighted by Crippen LogP contribution is -2.64. The van der Waals surface area contributed by atoms with Crippen LogP contribution in [0.2, 0.25) is 18.1 Å². The molecule has 1 unspecified atom stereocenters. The van der Waals surface area contributed by atoms with Crippen molar-refractivity contribution in [2.75, 3.05) is 27.9 Å². The maximum absolute atomic E-state index is 12.5. The number of esters is 1. The van der Waals surface area contributed by atoms with Crippen molar-refractivity contribution in [1.82, 2.24) is 0 Å². The number of methoxy groups -OCH3 is 3. The first-order chi connectivity index (χ1) is 22.5. The largest absolute Gasteiger partial charge is 0.497 e. The van der Waals surface area contributed by atoms with E-state index in [1.807, 2.05) is 75.4 Å². The zero-order valence-corrected chi connectivity index (χ0v) is 31.8. The van der Waals surface area contributed by atoms with Crippen LogP contribution in [0.1, 0.15) is 65.5 Å². The van der Waals surface area contributed by atoms with Crippen molar-refractivity contribution >= 4 is 14.3 Å². The fourth-order valence-corrected chi connectivity index (χ4v) is 6.74. The normalized spacial score (nSPS) is 22.7. The average molecular weight is 687 g/mol. The summed E-state index contributed by atoms with van der Waals surface area (Å²) in [7, 11) is 2.32. The molecule has 2 aromatic rings. The Morgan fingerprint density at radius 2 is 1.58 bits per heavy atom. The first-order valence-electron chi connectivity index (χ1n) is 16.7. The molecule has 48 heavy (non-hydrogen) atoms. The number of carbonyl (C=O) groups is 1.